The number of halogens is 1. The summed E-state index contributed by atoms with van der Waals surface area (Å²) in [6, 6.07) is 36.7. The van der Waals surface area contributed by atoms with Crippen molar-refractivity contribution in [3.05, 3.63) is 159 Å². The molecule has 1 saturated heterocycles. The molecule has 0 bridgehead atoms. The number of carbonyl (C=O) groups excluding carboxylic acids is 4. The summed E-state index contributed by atoms with van der Waals surface area (Å²) in [5.41, 5.74) is 4.28. The number of aromatic nitrogens is 1. The van der Waals surface area contributed by atoms with E-state index in [4.69, 9.17) is 9.15 Å². The van der Waals surface area contributed by atoms with Gasteiger partial charge in [0.2, 0.25) is 17.7 Å². The molecule has 1 saturated carbocycles. The number of para-hydroxylation sites is 2. The largest absolute Gasteiger partial charge is 0.504 e. The number of hydrogen-bond acceptors (Lipinski definition) is 8. The molecule has 0 radical (unpaired) electrons. The van der Waals surface area contributed by atoms with Gasteiger partial charge in [-0.05, 0) is 113 Å². The van der Waals surface area contributed by atoms with Gasteiger partial charge < -0.3 is 14.3 Å². The zero-order chi connectivity index (χ0) is 39.9. The van der Waals surface area contributed by atoms with Crippen LogP contribution in [0.5, 0.6) is 11.5 Å². The molecule has 10 rings (SSSR count). The van der Waals surface area contributed by atoms with E-state index in [2.05, 4.69) is 27.6 Å². The number of carbonyl (C=O) groups is 4. The number of allylic oxidation sites excluding steroid dienone is 4. The van der Waals surface area contributed by atoms with Crippen LogP contribution in [-0.2, 0) is 24.6 Å². The number of phenolic OH excluding ortho intramolecular Hbond substituents is 1. The SMILES string of the molecule is COc1cc([C@H]2C3=CC[C@@H]4C(=O)N(c5ccc(-c6nc7ccccc7o6)cc5)C(=O)[C@@H]4[C@@H]3C[C@H]3C(=O)C(c4ccccc4)=CC(=O)[C@@]23c2ccccc2)cc(I)c1O. The Morgan fingerprint density at radius 3 is 2.26 bits per heavy atom. The van der Waals surface area contributed by atoms with Gasteiger partial charge in [0.05, 0.1) is 33.6 Å². The molecule has 10 heteroatoms. The lowest BCUT2D eigenvalue weighted by molar-refractivity contribution is -0.135. The molecule has 4 aliphatic rings. The van der Waals surface area contributed by atoms with E-state index in [-0.39, 0.29) is 47.7 Å². The fourth-order valence-corrected chi connectivity index (χ4v) is 10.8. The van der Waals surface area contributed by atoms with Crippen molar-refractivity contribution in [2.45, 2.75) is 24.2 Å². The quantitative estimate of drug-likeness (QED) is 0.1000. The first-order valence-corrected chi connectivity index (χ1v) is 20.3. The van der Waals surface area contributed by atoms with E-state index in [1.807, 2.05) is 97.1 Å². The lowest BCUT2D eigenvalue weighted by Gasteiger charge is -2.55. The summed E-state index contributed by atoms with van der Waals surface area (Å²) in [7, 11) is 1.47. The minimum Gasteiger partial charge on any atom is -0.504 e. The molecule has 3 aliphatic carbocycles. The summed E-state index contributed by atoms with van der Waals surface area (Å²) in [5.74, 6) is -4.01. The molecular weight excluding hydrogens is 843 g/mol. The Balaban J connectivity index is 1.11. The highest BCUT2D eigenvalue weighted by Gasteiger charge is 2.66. The van der Waals surface area contributed by atoms with Crippen molar-refractivity contribution in [1.29, 1.82) is 0 Å². The highest BCUT2D eigenvalue weighted by Crippen LogP contribution is 2.64. The molecule has 2 fully saturated rings. The fourth-order valence-electron chi connectivity index (χ4n) is 10.2. The van der Waals surface area contributed by atoms with Crippen molar-refractivity contribution >= 4 is 68.3 Å². The molecule has 0 spiro atoms. The average molecular weight is 879 g/mol. The number of ketones is 2. The van der Waals surface area contributed by atoms with Crippen LogP contribution in [0.1, 0.15) is 35.4 Å². The van der Waals surface area contributed by atoms with Crippen molar-refractivity contribution in [3.8, 4) is 23.0 Å². The number of fused-ring (bicyclic) bond motifs is 5. The highest BCUT2D eigenvalue weighted by molar-refractivity contribution is 14.1. The van der Waals surface area contributed by atoms with E-state index in [0.29, 0.717) is 48.6 Å². The number of nitrogens with zero attached hydrogens (tertiary/aromatic N) is 2. The third kappa shape index (κ3) is 5.30. The number of amides is 2. The molecule has 1 aromatic heterocycles. The molecule has 58 heavy (non-hydrogen) atoms. The number of aromatic hydroxyl groups is 1. The summed E-state index contributed by atoms with van der Waals surface area (Å²) in [6.45, 7) is 0. The van der Waals surface area contributed by atoms with Gasteiger partial charge in [-0.3, -0.25) is 24.1 Å². The third-order valence-corrected chi connectivity index (χ3v) is 13.5. The molecule has 286 valence electrons. The monoisotopic (exact) mass is 878 g/mol. The number of anilines is 1. The maximum atomic E-state index is 15.3. The summed E-state index contributed by atoms with van der Waals surface area (Å²) in [5, 5.41) is 11.0. The normalized spacial score (nSPS) is 25.2. The van der Waals surface area contributed by atoms with Crippen molar-refractivity contribution in [2.24, 2.45) is 23.7 Å². The van der Waals surface area contributed by atoms with E-state index in [0.717, 1.165) is 11.1 Å². The van der Waals surface area contributed by atoms with Gasteiger partial charge >= 0.3 is 0 Å². The standard InChI is InChI=1S/C48H35IN2O7/c1-57-39-23-28(22-36(49)44(39)54)42-31-20-21-32-41(47(56)51(46(32)55)30-18-16-27(17-19-30)45-50-37-14-8-9-15-38(37)58-45)34(31)24-35-43(53)33(26-10-4-2-5-11-26)25-40(52)48(35,42)29-12-6-3-7-13-29/h2-20,22-23,25,32,34-35,41-42,54H,21,24H2,1H3/t32-,34+,35-,41-,42-,48-/m0/s1. The minimum absolute atomic E-state index is 0.0335. The van der Waals surface area contributed by atoms with Crippen molar-refractivity contribution < 1.29 is 33.4 Å². The van der Waals surface area contributed by atoms with Gasteiger partial charge in [0.25, 0.3) is 0 Å². The van der Waals surface area contributed by atoms with Crippen molar-refractivity contribution in [2.75, 3.05) is 12.0 Å². The maximum absolute atomic E-state index is 15.3. The third-order valence-electron chi connectivity index (χ3n) is 12.6. The maximum Gasteiger partial charge on any atom is 0.238 e. The Hall–Kier alpha value is -6.14. The first-order valence-electron chi connectivity index (χ1n) is 19.2. The molecule has 6 atom stereocenters. The number of hydrogen-bond donors (Lipinski definition) is 1. The lowest BCUT2D eigenvalue weighted by Crippen LogP contribution is -2.58. The van der Waals surface area contributed by atoms with Crippen LogP contribution in [0.2, 0.25) is 0 Å². The Morgan fingerprint density at radius 1 is 0.828 bits per heavy atom. The summed E-state index contributed by atoms with van der Waals surface area (Å²) < 4.78 is 12.1. The topological polar surface area (TPSA) is 127 Å². The Morgan fingerprint density at radius 2 is 1.53 bits per heavy atom. The molecule has 5 aromatic carbocycles. The van der Waals surface area contributed by atoms with Crippen LogP contribution in [0.25, 0.3) is 28.1 Å². The number of Topliss-reactive ketones (excluding diaryl/α,β-unsaturated/α-hetero) is 1. The number of oxazole rings is 1. The predicted octanol–water partition coefficient (Wildman–Crippen LogP) is 8.84. The van der Waals surface area contributed by atoms with Crippen molar-refractivity contribution in [3.63, 3.8) is 0 Å². The molecule has 2 amide bonds. The molecule has 0 unspecified atom stereocenters. The van der Waals surface area contributed by atoms with Crippen LogP contribution in [0.3, 0.4) is 0 Å². The van der Waals surface area contributed by atoms with Crippen LogP contribution in [0.15, 0.2) is 143 Å². The van der Waals surface area contributed by atoms with E-state index in [9.17, 15) is 14.7 Å². The van der Waals surface area contributed by atoms with Crippen LogP contribution < -0.4 is 9.64 Å². The second-order valence-electron chi connectivity index (χ2n) is 15.4. The summed E-state index contributed by atoms with van der Waals surface area (Å²) >= 11 is 2.05. The Bertz CT molecular complexity index is 2720. The fraction of sp³-hybridized carbons (Fsp3) is 0.188. The van der Waals surface area contributed by atoms with Gasteiger partial charge in [-0.2, -0.15) is 0 Å². The number of benzene rings is 5. The number of rotatable bonds is 6. The lowest BCUT2D eigenvalue weighted by atomic mass is 9.44. The number of phenols is 1. The molecule has 1 aliphatic heterocycles. The minimum atomic E-state index is -1.40. The van der Waals surface area contributed by atoms with Crippen LogP contribution >= 0.6 is 22.6 Å². The molecular formula is C48H35IN2O7. The first kappa shape index (κ1) is 36.2. The smallest absolute Gasteiger partial charge is 0.238 e. The Kier molecular flexibility index (Phi) is 8.59. The van der Waals surface area contributed by atoms with Gasteiger partial charge in [-0.1, -0.05) is 84.4 Å². The van der Waals surface area contributed by atoms with E-state index < -0.39 is 35.0 Å². The Labute approximate surface area is 347 Å². The summed E-state index contributed by atoms with van der Waals surface area (Å²) in [6.07, 6.45) is 4.00. The first-order chi connectivity index (χ1) is 28.2. The van der Waals surface area contributed by atoms with Gasteiger partial charge in [0, 0.05) is 23.0 Å². The van der Waals surface area contributed by atoms with E-state index >= 15 is 9.59 Å². The average Bonchev–Trinajstić information content (AvgIpc) is 3.81. The van der Waals surface area contributed by atoms with E-state index in [1.165, 1.54) is 18.1 Å². The van der Waals surface area contributed by atoms with Crippen molar-refractivity contribution in [1.82, 2.24) is 4.98 Å². The van der Waals surface area contributed by atoms with Gasteiger partial charge in [-0.25, -0.2) is 4.98 Å². The van der Waals surface area contributed by atoms with Crippen LogP contribution in [0, 0.1) is 27.2 Å². The second kappa shape index (κ2) is 13.8. The molecule has 6 aromatic rings. The zero-order valence-electron chi connectivity index (χ0n) is 31.2. The second-order valence-corrected chi connectivity index (χ2v) is 16.5. The van der Waals surface area contributed by atoms with Gasteiger partial charge in [0.1, 0.15) is 5.52 Å². The number of ether oxygens (including phenoxy) is 1. The number of imide groups is 1. The molecule has 9 nitrogen and oxygen atoms in total. The van der Waals surface area contributed by atoms with E-state index in [1.54, 1.807) is 30.3 Å². The zero-order valence-corrected chi connectivity index (χ0v) is 33.3. The van der Waals surface area contributed by atoms with Crippen LogP contribution in [0.4, 0.5) is 5.69 Å². The molecule has 2 heterocycles. The molecule has 1 N–H and O–H groups in total. The summed E-state index contributed by atoms with van der Waals surface area (Å²) in [4.78, 5) is 65.7. The number of methoxy groups -OCH3 is 1. The predicted molar refractivity (Wildman–Crippen MR) is 226 cm³/mol. The van der Waals surface area contributed by atoms with Gasteiger partial charge in [0.15, 0.2) is 28.6 Å². The van der Waals surface area contributed by atoms with Gasteiger partial charge in [-0.15, -0.1) is 0 Å². The van der Waals surface area contributed by atoms with Crippen LogP contribution in [-0.4, -0.2) is 40.6 Å². The highest BCUT2D eigenvalue weighted by atomic mass is 127.